The van der Waals surface area contributed by atoms with Gasteiger partial charge in [-0.25, -0.2) is 8.42 Å². The SMILES string of the molecule is COCC1(CN)C(c2cccc(Cl)c2)C1S(=O)(=O)c1ccccc1. The number of methoxy groups -OCH3 is 1. The van der Waals surface area contributed by atoms with Gasteiger partial charge in [-0.15, -0.1) is 0 Å². The van der Waals surface area contributed by atoms with Gasteiger partial charge in [-0.1, -0.05) is 41.9 Å². The molecule has 2 N–H and O–H groups in total. The summed E-state index contributed by atoms with van der Waals surface area (Å²) in [5.41, 5.74) is 6.26. The lowest BCUT2D eigenvalue weighted by Crippen LogP contribution is -2.28. The average molecular weight is 366 g/mol. The number of nitrogens with two attached hydrogens (primary N) is 1. The minimum absolute atomic E-state index is 0.230. The average Bonchev–Trinajstić information content (AvgIpc) is 3.26. The third-order valence-electron chi connectivity index (χ3n) is 4.79. The largest absolute Gasteiger partial charge is 0.384 e. The topological polar surface area (TPSA) is 69.4 Å². The van der Waals surface area contributed by atoms with E-state index < -0.39 is 20.5 Å². The minimum atomic E-state index is -3.52. The van der Waals surface area contributed by atoms with Crippen LogP contribution < -0.4 is 5.73 Å². The Balaban J connectivity index is 2.07. The molecule has 24 heavy (non-hydrogen) atoms. The number of benzene rings is 2. The number of halogens is 1. The summed E-state index contributed by atoms with van der Waals surface area (Å²) in [7, 11) is -1.95. The van der Waals surface area contributed by atoms with Gasteiger partial charge in [0.2, 0.25) is 0 Å². The van der Waals surface area contributed by atoms with Crippen molar-refractivity contribution in [2.75, 3.05) is 20.3 Å². The lowest BCUT2D eigenvalue weighted by molar-refractivity contribution is 0.142. The predicted molar refractivity (Wildman–Crippen MR) is 95.0 cm³/mol. The maximum absolute atomic E-state index is 13.2. The van der Waals surface area contributed by atoms with E-state index in [-0.39, 0.29) is 19.1 Å². The van der Waals surface area contributed by atoms with Gasteiger partial charge in [-0.2, -0.15) is 0 Å². The van der Waals surface area contributed by atoms with E-state index in [0.29, 0.717) is 9.92 Å². The Bertz CT molecular complexity index is 825. The second-order valence-corrected chi connectivity index (χ2v) is 8.69. The summed E-state index contributed by atoms with van der Waals surface area (Å²) >= 11 is 6.10. The fraction of sp³-hybridized carbons (Fsp3) is 0.333. The van der Waals surface area contributed by atoms with Crippen LogP contribution in [0.3, 0.4) is 0 Å². The Morgan fingerprint density at radius 2 is 1.88 bits per heavy atom. The summed E-state index contributed by atoms with van der Waals surface area (Å²) in [6.45, 7) is 0.520. The predicted octanol–water partition coefficient (Wildman–Crippen LogP) is 2.87. The van der Waals surface area contributed by atoms with E-state index in [1.54, 1.807) is 43.5 Å². The number of hydrogen-bond acceptors (Lipinski definition) is 4. The van der Waals surface area contributed by atoms with Crippen LogP contribution in [0.4, 0.5) is 0 Å². The van der Waals surface area contributed by atoms with Crippen LogP contribution in [0.25, 0.3) is 0 Å². The first-order valence-electron chi connectivity index (χ1n) is 7.71. The van der Waals surface area contributed by atoms with Gasteiger partial charge in [0.25, 0.3) is 0 Å². The monoisotopic (exact) mass is 365 g/mol. The molecule has 0 aliphatic heterocycles. The fourth-order valence-electron chi connectivity index (χ4n) is 3.65. The third kappa shape index (κ3) is 2.75. The first-order chi connectivity index (χ1) is 11.5. The second-order valence-electron chi connectivity index (χ2n) is 6.18. The normalized spacial score (nSPS) is 26.3. The highest BCUT2D eigenvalue weighted by Gasteiger charge is 2.70. The third-order valence-corrected chi connectivity index (χ3v) is 7.36. The first kappa shape index (κ1) is 17.4. The Morgan fingerprint density at radius 1 is 1.17 bits per heavy atom. The second kappa shape index (κ2) is 6.48. The molecular formula is C18H20ClNO3S. The van der Waals surface area contributed by atoms with Gasteiger partial charge in [-0.3, -0.25) is 0 Å². The van der Waals surface area contributed by atoms with Gasteiger partial charge in [0, 0.05) is 30.0 Å². The smallest absolute Gasteiger partial charge is 0.182 e. The molecule has 1 fully saturated rings. The van der Waals surface area contributed by atoms with E-state index in [1.165, 1.54) is 0 Å². The Labute approximate surface area is 147 Å². The molecule has 0 saturated heterocycles. The highest BCUT2D eigenvalue weighted by molar-refractivity contribution is 7.92. The quantitative estimate of drug-likeness (QED) is 0.854. The minimum Gasteiger partial charge on any atom is -0.384 e. The number of hydrogen-bond donors (Lipinski definition) is 1. The lowest BCUT2D eigenvalue weighted by Gasteiger charge is -2.15. The Morgan fingerprint density at radius 3 is 2.46 bits per heavy atom. The molecule has 0 heterocycles. The molecule has 0 radical (unpaired) electrons. The molecule has 128 valence electrons. The van der Waals surface area contributed by atoms with Crippen molar-refractivity contribution >= 4 is 21.4 Å². The molecule has 0 aromatic heterocycles. The maximum atomic E-state index is 13.2. The number of rotatable bonds is 6. The van der Waals surface area contributed by atoms with Gasteiger partial charge in [0.15, 0.2) is 9.84 Å². The molecule has 1 aliphatic carbocycles. The van der Waals surface area contributed by atoms with Gasteiger partial charge in [0.05, 0.1) is 16.8 Å². The highest BCUT2D eigenvalue weighted by atomic mass is 35.5. The zero-order chi connectivity index (χ0) is 17.4. The Hall–Kier alpha value is -1.40. The van der Waals surface area contributed by atoms with Gasteiger partial charge >= 0.3 is 0 Å². The van der Waals surface area contributed by atoms with Crippen LogP contribution in [0.1, 0.15) is 11.5 Å². The molecule has 2 aromatic rings. The van der Waals surface area contributed by atoms with Gasteiger partial charge in [-0.05, 0) is 29.8 Å². The molecule has 3 atom stereocenters. The van der Waals surface area contributed by atoms with Crippen molar-refractivity contribution in [2.45, 2.75) is 16.1 Å². The molecule has 3 rings (SSSR count). The number of ether oxygens (including phenoxy) is 1. The van der Waals surface area contributed by atoms with Crippen LogP contribution in [-0.2, 0) is 14.6 Å². The van der Waals surface area contributed by atoms with Crippen molar-refractivity contribution in [3.05, 3.63) is 65.2 Å². The summed E-state index contributed by atoms with van der Waals surface area (Å²) in [5.74, 6) is -0.230. The molecule has 1 aliphatic rings. The molecule has 0 spiro atoms. The standard InChI is InChI=1S/C18H20ClNO3S/c1-23-12-18(11-20)16(13-6-5-7-14(19)10-13)17(18)24(21,22)15-8-3-2-4-9-15/h2-10,16-17H,11-12,20H2,1H3. The summed E-state index contributed by atoms with van der Waals surface area (Å²) in [6, 6.07) is 15.8. The van der Waals surface area contributed by atoms with Crippen molar-refractivity contribution in [3.63, 3.8) is 0 Å². The van der Waals surface area contributed by atoms with E-state index in [0.717, 1.165) is 5.56 Å². The summed E-state index contributed by atoms with van der Waals surface area (Å²) in [6.07, 6.45) is 0. The molecule has 4 nitrogen and oxygen atoms in total. The van der Waals surface area contributed by atoms with Crippen LogP contribution in [0, 0.1) is 5.41 Å². The van der Waals surface area contributed by atoms with E-state index in [2.05, 4.69) is 0 Å². The molecule has 3 unspecified atom stereocenters. The number of sulfone groups is 1. The van der Waals surface area contributed by atoms with Crippen LogP contribution in [0.2, 0.25) is 5.02 Å². The van der Waals surface area contributed by atoms with Crippen molar-refractivity contribution in [1.29, 1.82) is 0 Å². The molecule has 2 aromatic carbocycles. The molecule has 0 amide bonds. The van der Waals surface area contributed by atoms with E-state index in [4.69, 9.17) is 22.1 Å². The molecule has 0 bridgehead atoms. The van der Waals surface area contributed by atoms with Crippen LogP contribution >= 0.6 is 11.6 Å². The van der Waals surface area contributed by atoms with Crippen LogP contribution in [0.5, 0.6) is 0 Å². The van der Waals surface area contributed by atoms with Crippen molar-refractivity contribution in [1.82, 2.24) is 0 Å². The molecule has 6 heteroatoms. The summed E-state index contributed by atoms with van der Waals surface area (Å²) in [4.78, 5) is 0.313. The zero-order valence-electron chi connectivity index (χ0n) is 13.4. The van der Waals surface area contributed by atoms with Gasteiger partial charge in [0.1, 0.15) is 0 Å². The summed E-state index contributed by atoms with van der Waals surface area (Å²) in [5, 5.41) is -0.0329. The zero-order valence-corrected chi connectivity index (χ0v) is 14.9. The fourth-order valence-corrected chi connectivity index (χ4v) is 6.31. The lowest BCUT2D eigenvalue weighted by atomic mass is 10.00. The highest BCUT2D eigenvalue weighted by Crippen LogP contribution is 2.63. The van der Waals surface area contributed by atoms with Crippen molar-refractivity contribution < 1.29 is 13.2 Å². The first-order valence-corrected chi connectivity index (χ1v) is 9.63. The van der Waals surface area contributed by atoms with E-state index in [1.807, 2.05) is 18.2 Å². The van der Waals surface area contributed by atoms with E-state index in [9.17, 15) is 8.42 Å². The van der Waals surface area contributed by atoms with E-state index >= 15 is 0 Å². The van der Waals surface area contributed by atoms with Crippen LogP contribution in [0.15, 0.2) is 59.5 Å². The molecular weight excluding hydrogens is 346 g/mol. The molecule has 1 saturated carbocycles. The van der Waals surface area contributed by atoms with Crippen molar-refractivity contribution in [3.8, 4) is 0 Å². The Kier molecular flexibility index (Phi) is 4.71. The summed E-state index contributed by atoms with van der Waals surface area (Å²) < 4.78 is 31.7. The maximum Gasteiger partial charge on any atom is 0.182 e. The van der Waals surface area contributed by atoms with Crippen LogP contribution in [-0.4, -0.2) is 33.9 Å². The van der Waals surface area contributed by atoms with Gasteiger partial charge < -0.3 is 10.5 Å². The van der Waals surface area contributed by atoms with Crippen molar-refractivity contribution in [2.24, 2.45) is 11.1 Å².